The van der Waals surface area contributed by atoms with Gasteiger partial charge in [-0.25, -0.2) is 18.5 Å². The minimum atomic E-state index is -3.82. The first-order valence-electron chi connectivity index (χ1n) is 9.98. The lowest BCUT2D eigenvalue weighted by Crippen LogP contribution is -2.39. The largest absolute Gasteiger partial charge is 0.497 e. The number of nitrogens with one attached hydrogen (secondary N) is 1. The fourth-order valence-electron chi connectivity index (χ4n) is 3.15. The Morgan fingerprint density at radius 1 is 1.21 bits per heavy atom. The third kappa shape index (κ3) is 5.67. The zero-order chi connectivity index (χ0) is 24.9. The molecule has 0 saturated heterocycles. The van der Waals surface area contributed by atoms with Crippen molar-refractivity contribution >= 4 is 39.4 Å². The topological polar surface area (TPSA) is 115 Å². The molecule has 1 aromatic heterocycles. The number of sulfonamides is 1. The molecule has 0 aliphatic carbocycles. The average Bonchev–Trinajstić information content (AvgIpc) is 3.10. The van der Waals surface area contributed by atoms with E-state index in [1.54, 1.807) is 10.7 Å². The molecule has 3 rings (SSSR count). The molecular formula is C22H24ClN5O5S. The Labute approximate surface area is 202 Å². The summed E-state index contributed by atoms with van der Waals surface area (Å²) in [5.74, 6) is 0.0481. The van der Waals surface area contributed by atoms with E-state index in [-0.39, 0.29) is 16.6 Å². The van der Waals surface area contributed by atoms with E-state index in [0.29, 0.717) is 11.3 Å². The number of halogens is 1. The van der Waals surface area contributed by atoms with Gasteiger partial charge in [-0.05, 0) is 31.2 Å². The normalized spacial score (nSPS) is 11.4. The van der Waals surface area contributed by atoms with Gasteiger partial charge in [-0.3, -0.25) is 9.10 Å². The van der Waals surface area contributed by atoms with Crippen molar-refractivity contribution in [2.24, 2.45) is 5.10 Å². The number of ether oxygens (including phenoxy) is 2. The fourth-order valence-corrected chi connectivity index (χ4v) is 4.27. The molecule has 0 atom stereocenters. The zero-order valence-corrected chi connectivity index (χ0v) is 20.6. The molecule has 0 aliphatic rings. The Bertz CT molecular complexity index is 1310. The molecule has 10 nitrogen and oxygen atoms in total. The molecule has 0 aliphatic heterocycles. The first-order valence-corrected chi connectivity index (χ1v) is 12.2. The lowest BCUT2D eigenvalue weighted by molar-refractivity contribution is -0.119. The van der Waals surface area contributed by atoms with Gasteiger partial charge in [0.1, 0.15) is 18.0 Å². The van der Waals surface area contributed by atoms with Gasteiger partial charge >= 0.3 is 0 Å². The molecule has 12 heteroatoms. The van der Waals surface area contributed by atoms with Crippen LogP contribution in [0.4, 0.5) is 5.69 Å². The van der Waals surface area contributed by atoms with Crippen LogP contribution < -0.4 is 19.2 Å². The minimum absolute atomic E-state index is 0.188. The highest BCUT2D eigenvalue weighted by Crippen LogP contribution is 2.33. The standard InChI is InChI=1S/C22H24ClN5O5S/c1-15-18(22(23)26-28(15)16-8-6-5-7-9-16)13-24-25-21(29)14-27(34(4,30)31)19-11-10-17(32-2)12-20(19)33-3/h5-13H,14H2,1-4H3,(H,25,29)/b24-13-. The van der Waals surface area contributed by atoms with Crippen molar-refractivity contribution < 1.29 is 22.7 Å². The summed E-state index contributed by atoms with van der Waals surface area (Å²) in [7, 11) is -0.946. The number of methoxy groups -OCH3 is 2. The number of hydrogen-bond acceptors (Lipinski definition) is 7. The van der Waals surface area contributed by atoms with Crippen LogP contribution in [0.3, 0.4) is 0 Å². The van der Waals surface area contributed by atoms with E-state index >= 15 is 0 Å². The maximum absolute atomic E-state index is 12.5. The van der Waals surface area contributed by atoms with Gasteiger partial charge in [-0.2, -0.15) is 10.2 Å². The average molecular weight is 506 g/mol. The molecule has 1 amide bonds. The Kier molecular flexibility index (Phi) is 7.79. The fraction of sp³-hybridized carbons (Fsp3) is 0.227. The van der Waals surface area contributed by atoms with Crippen molar-refractivity contribution in [1.82, 2.24) is 15.2 Å². The van der Waals surface area contributed by atoms with E-state index in [1.165, 1.54) is 32.6 Å². The smallest absolute Gasteiger partial charge is 0.260 e. The summed E-state index contributed by atoms with van der Waals surface area (Å²) in [5.41, 5.74) is 4.57. The van der Waals surface area contributed by atoms with Crippen molar-refractivity contribution in [3.05, 3.63) is 64.9 Å². The summed E-state index contributed by atoms with van der Waals surface area (Å²) < 4.78 is 37.8. The lowest BCUT2D eigenvalue weighted by Gasteiger charge is -2.23. The van der Waals surface area contributed by atoms with Crippen molar-refractivity contribution in [2.75, 3.05) is 31.3 Å². The van der Waals surface area contributed by atoms with Gasteiger partial charge in [0.15, 0.2) is 5.15 Å². The van der Waals surface area contributed by atoms with E-state index in [9.17, 15) is 13.2 Å². The quantitative estimate of drug-likeness (QED) is 0.353. The zero-order valence-electron chi connectivity index (χ0n) is 19.0. The number of amides is 1. The molecule has 3 aromatic rings. The molecule has 1 N–H and O–H groups in total. The molecule has 0 spiro atoms. The second-order valence-electron chi connectivity index (χ2n) is 7.14. The van der Waals surface area contributed by atoms with Crippen LogP contribution in [0.1, 0.15) is 11.3 Å². The van der Waals surface area contributed by atoms with Crippen molar-refractivity contribution in [2.45, 2.75) is 6.92 Å². The van der Waals surface area contributed by atoms with Gasteiger partial charge < -0.3 is 9.47 Å². The van der Waals surface area contributed by atoms with E-state index in [1.807, 2.05) is 37.3 Å². The summed E-state index contributed by atoms with van der Waals surface area (Å²) in [6, 6.07) is 14.0. The molecule has 0 radical (unpaired) electrons. The van der Waals surface area contributed by atoms with Crippen molar-refractivity contribution in [3.63, 3.8) is 0 Å². The maximum Gasteiger partial charge on any atom is 0.260 e. The Hall–Kier alpha value is -3.57. The lowest BCUT2D eigenvalue weighted by atomic mass is 10.2. The van der Waals surface area contributed by atoms with Crippen LogP contribution in [0.15, 0.2) is 53.6 Å². The predicted octanol–water partition coefficient (Wildman–Crippen LogP) is 2.77. The Morgan fingerprint density at radius 2 is 1.91 bits per heavy atom. The van der Waals surface area contributed by atoms with Crippen molar-refractivity contribution in [1.29, 1.82) is 0 Å². The number of anilines is 1. The number of hydrogen-bond donors (Lipinski definition) is 1. The predicted molar refractivity (Wildman–Crippen MR) is 131 cm³/mol. The first-order chi connectivity index (χ1) is 16.2. The summed E-state index contributed by atoms with van der Waals surface area (Å²) >= 11 is 6.25. The van der Waals surface area contributed by atoms with Gasteiger partial charge in [-0.15, -0.1) is 0 Å². The van der Waals surface area contributed by atoms with E-state index in [4.69, 9.17) is 21.1 Å². The molecule has 2 aromatic carbocycles. The van der Waals surface area contributed by atoms with E-state index in [0.717, 1.165) is 21.9 Å². The van der Waals surface area contributed by atoms with Crippen LogP contribution >= 0.6 is 11.6 Å². The van der Waals surface area contributed by atoms with Crippen LogP contribution in [-0.2, 0) is 14.8 Å². The second-order valence-corrected chi connectivity index (χ2v) is 9.40. The third-order valence-corrected chi connectivity index (χ3v) is 6.25. The van der Waals surface area contributed by atoms with E-state index < -0.39 is 22.5 Å². The van der Waals surface area contributed by atoms with Gasteiger partial charge in [0, 0.05) is 6.07 Å². The number of para-hydroxylation sites is 1. The molecular weight excluding hydrogens is 482 g/mol. The number of hydrazone groups is 1. The molecule has 34 heavy (non-hydrogen) atoms. The summed E-state index contributed by atoms with van der Waals surface area (Å²) in [4.78, 5) is 12.5. The highest BCUT2D eigenvalue weighted by Gasteiger charge is 2.24. The number of carbonyl (C=O) groups is 1. The molecule has 0 fully saturated rings. The summed E-state index contributed by atoms with van der Waals surface area (Å²) in [5, 5.41) is 8.44. The molecule has 0 bridgehead atoms. The van der Waals surface area contributed by atoms with Gasteiger partial charge in [-0.1, -0.05) is 29.8 Å². The monoisotopic (exact) mass is 505 g/mol. The van der Waals surface area contributed by atoms with Crippen LogP contribution in [0, 0.1) is 6.92 Å². The van der Waals surface area contributed by atoms with Gasteiger partial charge in [0.05, 0.1) is 49.3 Å². The molecule has 1 heterocycles. The van der Waals surface area contributed by atoms with Crippen molar-refractivity contribution in [3.8, 4) is 17.2 Å². The number of nitrogens with zero attached hydrogens (tertiary/aromatic N) is 4. The number of aromatic nitrogens is 2. The third-order valence-electron chi connectivity index (χ3n) is 4.84. The van der Waals surface area contributed by atoms with Crippen LogP contribution in [0.5, 0.6) is 11.5 Å². The summed E-state index contributed by atoms with van der Waals surface area (Å²) in [6.45, 7) is 1.30. The maximum atomic E-state index is 12.5. The van der Waals surface area contributed by atoms with Crippen LogP contribution in [-0.4, -0.2) is 57.3 Å². The first kappa shape index (κ1) is 25.1. The van der Waals surface area contributed by atoms with Gasteiger partial charge in [0.25, 0.3) is 5.91 Å². The molecule has 0 saturated carbocycles. The van der Waals surface area contributed by atoms with Crippen LogP contribution in [0.25, 0.3) is 5.69 Å². The SMILES string of the molecule is COc1ccc(N(CC(=O)N/N=C\c2c(Cl)nn(-c3ccccc3)c2C)S(C)(=O)=O)c(OC)c1. The number of carbonyl (C=O) groups excluding carboxylic acids is 1. The van der Waals surface area contributed by atoms with E-state index in [2.05, 4.69) is 15.6 Å². The molecule has 0 unspecified atom stereocenters. The highest BCUT2D eigenvalue weighted by molar-refractivity contribution is 7.92. The second kappa shape index (κ2) is 10.6. The number of rotatable bonds is 9. The minimum Gasteiger partial charge on any atom is -0.497 e. The summed E-state index contributed by atoms with van der Waals surface area (Å²) in [6.07, 6.45) is 2.36. The van der Waals surface area contributed by atoms with Gasteiger partial charge in [0.2, 0.25) is 10.0 Å². The Morgan fingerprint density at radius 3 is 2.53 bits per heavy atom. The van der Waals surface area contributed by atoms with Crippen LogP contribution in [0.2, 0.25) is 5.15 Å². The Balaban J connectivity index is 1.78. The highest BCUT2D eigenvalue weighted by atomic mass is 35.5. The number of benzene rings is 2. The molecule has 180 valence electrons.